The lowest BCUT2D eigenvalue weighted by Gasteiger charge is -2.21. The molecule has 4 heteroatoms. The van der Waals surface area contributed by atoms with Crippen LogP contribution < -0.4 is 5.32 Å². The first-order valence-electron chi connectivity index (χ1n) is 6.35. The van der Waals surface area contributed by atoms with Crippen LogP contribution in [-0.2, 0) is 9.53 Å². The summed E-state index contributed by atoms with van der Waals surface area (Å²) in [6, 6.07) is -0.0558. The van der Waals surface area contributed by atoms with E-state index in [1.54, 1.807) is 0 Å². The van der Waals surface area contributed by atoms with E-state index in [0.717, 1.165) is 52.1 Å². The lowest BCUT2D eigenvalue weighted by atomic mass is 10.3. The minimum absolute atomic E-state index is 0.0558. The molecule has 16 heavy (non-hydrogen) atoms. The van der Waals surface area contributed by atoms with Crippen molar-refractivity contribution in [3.05, 3.63) is 0 Å². The molecule has 0 radical (unpaired) electrons. The molecule has 1 fully saturated rings. The summed E-state index contributed by atoms with van der Waals surface area (Å²) in [6.45, 7) is 8.19. The number of rotatable bonds is 7. The van der Waals surface area contributed by atoms with Crippen molar-refractivity contribution in [2.75, 3.05) is 32.8 Å². The maximum Gasteiger partial charge on any atom is 0.239 e. The SMILES string of the molecule is CCOCCCNC(C)C(=O)N1CCCC1. The maximum atomic E-state index is 11.9. The quantitative estimate of drug-likeness (QED) is 0.661. The molecule has 1 saturated heterocycles. The third-order valence-electron chi connectivity index (χ3n) is 2.91. The van der Waals surface area contributed by atoms with Crippen molar-refractivity contribution in [2.45, 2.75) is 39.2 Å². The molecule has 0 aliphatic carbocycles. The average Bonchev–Trinajstić information content (AvgIpc) is 2.81. The van der Waals surface area contributed by atoms with E-state index in [-0.39, 0.29) is 11.9 Å². The molecule has 1 heterocycles. The van der Waals surface area contributed by atoms with Crippen LogP contribution in [0.1, 0.15) is 33.1 Å². The Bertz CT molecular complexity index is 203. The van der Waals surface area contributed by atoms with Gasteiger partial charge in [0, 0.05) is 26.3 Å². The molecule has 1 amide bonds. The van der Waals surface area contributed by atoms with Gasteiger partial charge in [-0.1, -0.05) is 0 Å². The number of hydrogen-bond acceptors (Lipinski definition) is 3. The average molecular weight is 228 g/mol. The minimum Gasteiger partial charge on any atom is -0.382 e. The summed E-state index contributed by atoms with van der Waals surface area (Å²) in [4.78, 5) is 13.9. The van der Waals surface area contributed by atoms with Crippen LogP contribution >= 0.6 is 0 Å². The second-order valence-electron chi connectivity index (χ2n) is 4.26. The Morgan fingerprint density at radius 2 is 2.12 bits per heavy atom. The van der Waals surface area contributed by atoms with Gasteiger partial charge in [-0.25, -0.2) is 0 Å². The first-order valence-corrected chi connectivity index (χ1v) is 6.35. The standard InChI is InChI=1S/C12H24N2O2/c1-3-16-10-6-7-13-11(2)12(15)14-8-4-5-9-14/h11,13H,3-10H2,1-2H3. The zero-order valence-electron chi connectivity index (χ0n) is 10.5. The number of amides is 1. The number of likely N-dealkylation sites (tertiary alicyclic amines) is 1. The molecule has 94 valence electrons. The highest BCUT2D eigenvalue weighted by Gasteiger charge is 2.22. The molecule has 0 aromatic heterocycles. The second kappa shape index (κ2) is 7.63. The Morgan fingerprint density at radius 3 is 2.75 bits per heavy atom. The van der Waals surface area contributed by atoms with Gasteiger partial charge in [0.25, 0.3) is 0 Å². The molecular weight excluding hydrogens is 204 g/mol. The van der Waals surface area contributed by atoms with E-state index in [9.17, 15) is 4.79 Å². The van der Waals surface area contributed by atoms with Crippen LogP contribution in [0.25, 0.3) is 0 Å². The van der Waals surface area contributed by atoms with Crippen molar-refractivity contribution >= 4 is 5.91 Å². The van der Waals surface area contributed by atoms with Gasteiger partial charge in [0.05, 0.1) is 6.04 Å². The van der Waals surface area contributed by atoms with E-state index in [2.05, 4.69) is 5.32 Å². The largest absolute Gasteiger partial charge is 0.382 e. The molecule has 0 aromatic rings. The highest BCUT2D eigenvalue weighted by atomic mass is 16.5. The molecule has 1 N–H and O–H groups in total. The smallest absolute Gasteiger partial charge is 0.239 e. The predicted molar refractivity (Wildman–Crippen MR) is 64.4 cm³/mol. The van der Waals surface area contributed by atoms with Crippen LogP contribution in [0.5, 0.6) is 0 Å². The fourth-order valence-electron chi connectivity index (χ4n) is 1.94. The van der Waals surface area contributed by atoms with Crippen LogP contribution in [-0.4, -0.2) is 49.7 Å². The first kappa shape index (κ1) is 13.5. The van der Waals surface area contributed by atoms with Gasteiger partial charge in [0.2, 0.25) is 5.91 Å². The van der Waals surface area contributed by atoms with Crippen LogP contribution in [0.2, 0.25) is 0 Å². The first-order chi connectivity index (χ1) is 7.75. The molecule has 0 saturated carbocycles. The third kappa shape index (κ3) is 4.49. The number of hydrogen-bond donors (Lipinski definition) is 1. The minimum atomic E-state index is -0.0558. The summed E-state index contributed by atoms with van der Waals surface area (Å²) in [5.41, 5.74) is 0. The third-order valence-corrected chi connectivity index (χ3v) is 2.91. The van der Waals surface area contributed by atoms with Gasteiger partial charge in [-0.2, -0.15) is 0 Å². The Labute approximate surface area is 98.3 Å². The van der Waals surface area contributed by atoms with E-state index in [1.807, 2.05) is 18.7 Å². The molecule has 1 unspecified atom stereocenters. The Hall–Kier alpha value is -0.610. The highest BCUT2D eigenvalue weighted by molar-refractivity contribution is 5.81. The summed E-state index contributed by atoms with van der Waals surface area (Å²) in [5, 5.41) is 3.25. The van der Waals surface area contributed by atoms with E-state index >= 15 is 0 Å². The molecule has 0 bridgehead atoms. The fourth-order valence-corrected chi connectivity index (χ4v) is 1.94. The number of nitrogens with zero attached hydrogens (tertiary/aromatic N) is 1. The van der Waals surface area contributed by atoms with Crippen molar-refractivity contribution in [3.63, 3.8) is 0 Å². The van der Waals surface area contributed by atoms with Gasteiger partial charge in [-0.05, 0) is 39.7 Å². The van der Waals surface area contributed by atoms with Gasteiger partial charge >= 0.3 is 0 Å². The van der Waals surface area contributed by atoms with E-state index in [1.165, 1.54) is 0 Å². The Balaban J connectivity index is 2.08. The van der Waals surface area contributed by atoms with Gasteiger partial charge < -0.3 is 15.0 Å². The molecule has 4 nitrogen and oxygen atoms in total. The van der Waals surface area contributed by atoms with Crippen LogP contribution in [0.4, 0.5) is 0 Å². The highest BCUT2D eigenvalue weighted by Crippen LogP contribution is 2.08. The molecule has 1 rings (SSSR count). The fraction of sp³-hybridized carbons (Fsp3) is 0.917. The number of nitrogens with one attached hydrogen (secondary N) is 1. The second-order valence-corrected chi connectivity index (χ2v) is 4.26. The zero-order chi connectivity index (χ0) is 11.8. The van der Waals surface area contributed by atoms with Crippen molar-refractivity contribution in [1.29, 1.82) is 0 Å². The number of ether oxygens (including phenoxy) is 1. The summed E-state index contributed by atoms with van der Waals surface area (Å²) in [5.74, 6) is 0.244. The normalized spacial score (nSPS) is 17.8. The van der Waals surface area contributed by atoms with Crippen LogP contribution in [0.15, 0.2) is 0 Å². The summed E-state index contributed by atoms with van der Waals surface area (Å²) in [7, 11) is 0. The maximum absolute atomic E-state index is 11.9. The molecule has 1 atom stereocenters. The Kier molecular flexibility index (Phi) is 6.42. The summed E-state index contributed by atoms with van der Waals surface area (Å²) < 4.78 is 5.24. The van der Waals surface area contributed by atoms with Crippen LogP contribution in [0, 0.1) is 0 Å². The van der Waals surface area contributed by atoms with Gasteiger partial charge in [0.15, 0.2) is 0 Å². The van der Waals surface area contributed by atoms with Crippen LogP contribution in [0.3, 0.4) is 0 Å². The van der Waals surface area contributed by atoms with Crippen molar-refractivity contribution in [1.82, 2.24) is 10.2 Å². The van der Waals surface area contributed by atoms with E-state index in [0.29, 0.717) is 0 Å². The van der Waals surface area contributed by atoms with E-state index in [4.69, 9.17) is 4.74 Å². The lowest BCUT2D eigenvalue weighted by Crippen LogP contribution is -2.44. The van der Waals surface area contributed by atoms with Gasteiger partial charge in [-0.15, -0.1) is 0 Å². The van der Waals surface area contributed by atoms with Gasteiger partial charge in [0.1, 0.15) is 0 Å². The lowest BCUT2D eigenvalue weighted by molar-refractivity contribution is -0.131. The summed E-state index contributed by atoms with van der Waals surface area (Å²) in [6.07, 6.45) is 3.27. The van der Waals surface area contributed by atoms with Crippen molar-refractivity contribution in [2.24, 2.45) is 0 Å². The van der Waals surface area contributed by atoms with Gasteiger partial charge in [-0.3, -0.25) is 4.79 Å². The molecule has 1 aliphatic rings. The Morgan fingerprint density at radius 1 is 1.44 bits per heavy atom. The van der Waals surface area contributed by atoms with Crippen molar-refractivity contribution < 1.29 is 9.53 Å². The molecule has 1 aliphatic heterocycles. The zero-order valence-corrected chi connectivity index (χ0v) is 10.5. The molecule has 0 spiro atoms. The molecule has 0 aromatic carbocycles. The molecular formula is C12H24N2O2. The van der Waals surface area contributed by atoms with E-state index < -0.39 is 0 Å². The number of carbonyl (C=O) groups is 1. The number of carbonyl (C=O) groups excluding carboxylic acids is 1. The summed E-state index contributed by atoms with van der Waals surface area (Å²) >= 11 is 0. The van der Waals surface area contributed by atoms with Crippen molar-refractivity contribution in [3.8, 4) is 0 Å². The topological polar surface area (TPSA) is 41.6 Å². The predicted octanol–water partition coefficient (Wildman–Crippen LogP) is 1.01. The monoisotopic (exact) mass is 228 g/mol.